The normalized spacial score (nSPS) is 24.6. The number of hydrogen-bond donors (Lipinski definition) is 2. The molecular formula is C9H16N2O. The van der Waals surface area contributed by atoms with E-state index in [2.05, 4.69) is 5.32 Å². The molecule has 1 rings (SSSR count). The molecule has 1 aliphatic rings. The minimum Gasteiger partial charge on any atom is -0.347 e. The standard InChI is InChI=1S/C9H16N2O/c1-9(2)6-7(4-3-5-10)8(12)11-9/h4H,3,5-6,10H2,1-2H3,(H,11,12)/b7-4-. The zero-order valence-corrected chi connectivity index (χ0v) is 7.68. The molecule has 0 aromatic carbocycles. The molecule has 1 amide bonds. The second-order valence-electron chi connectivity index (χ2n) is 3.82. The molecule has 0 bridgehead atoms. The summed E-state index contributed by atoms with van der Waals surface area (Å²) in [5, 5.41) is 2.90. The maximum absolute atomic E-state index is 11.3. The van der Waals surface area contributed by atoms with Gasteiger partial charge < -0.3 is 11.1 Å². The average Bonchev–Trinajstić information content (AvgIpc) is 2.20. The Bertz CT molecular complexity index is 219. The van der Waals surface area contributed by atoms with Crippen molar-refractivity contribution in [3.8, 4) is 0 Å². The van der Waals surface area contributed by atoms with Crippen molar-refractivity contribution >= 4 is 5.91 Å². The highest BCUT2D eigenvalue weighted by Gasteiger charge is 2.31. The smallest absolute Gasteiger partial charge is 0.247 e. The third-order valence-electron chi connectivity index (χ3n) is 1.93. The van der Waals surface area contributed by atoms with Gasteiger partial charge in [-0.25, -0.2) is 0 Å². The van der Waals surface area contributed by atoms with Crippen molar-refractivity contribution in [3.63, 3.8) is 0 Å². The second-order valence-corrected chi connectivity index (χ2v) is 3.82. The lowest BCUT2D eigenvalue weighted by atomic mass is 10.0. The molecule has 0 aromatic rings. The Hall–Kier alpha value is -0.830. The molecule has 3 heteroatoms. The summed E-state index contributed by atoms with van der Waals surface area (Å²) in [5.74, 6) is 0.0634. The van der Waals surface area contributed by atoms with Crippen LogP contribution in [0.25, 0.3) is 0 Å². The first-order valence-corrected chi connectivity index (χ1v) is 4.27. The number of rotatable bonds is 2. The number of nitrogens with two attached hydrogens (primary N) is 1. The third-order valence-corrected chi connectivity index (χ3v) is 1.93. The highest BCUT2D eigenvalue weighted by Crippen LogP contribution is 2.23. The van der Waals surface area contributed by atoms with Gasteiger partial charge in [-0.1, -0.05) is 6.08 Å². The molecule has 0 atom stereocenters. The van der Waals surface area contributed by atoms with Crippen LogP contribution in [0.4, 0.5) is 0 Å². The first kappa shape index (κ1) is 9.26. The van der Waals surface area contributed by atoms with Gasteiger partial charge in [-0.15, -0.1) is 0 Å². The zero-order chi connectivity index (χ0) is 9.19. The number of nitrogens with one attached hydrogen (secondary N) is 1. The molecule has 0 aliphatic carbocycles. The Morgan fingerprint density at radius 2 is 2.33 bits per heavy atom. The van der Waals surface area contributed by atoms with E-state index in [1.807, 2.05) is 19.9 Å². The van der Waals surface area contributed by atoms with Gasteiger partial charge in [0.15, 0.2) is 0 Å². The van der Waals surface area contributed by atoms with E-state index in [0.717, 1.165) is 18.4 Å². The summed E-state index contributed by atoms with van der Waals surface area (Å²) in [7, 11) is 0. The number of amides is 1. The van der Waals surface area contributed by atoms with Crippen molar-refractivity contribution in [3.05, 3.63) is 11.6 Å². The summed E-state index contributed by atoms with van der Waals surface area (Å²) in [5.41, 5.74) is 6.15. The van der Waals surface area contributed by atoms with Crippen LogP contribution in [0.2, 0.25) is 0 Å². The fourth-order valence-electron chi connectivity index (χ4n) is 1.41. The van der Waals surface area contributed by atoms with Gasteiger partial charge in [0.25, 0.3) is 0 Å². The van der Waals surface area contributed by atoms with Crippen molar-refractivity contribution in [2.45, 2.75) is 32.2 Å². The Balaban J connectivity index is 2.64. The maximum Gasteiger partial charge on any atom is 0.247 e. The summed E-state index contributed by atoms with van der Waals surface area (Å²) >= 11 is 0. The first-order chi connectivity index (χ1) is 5.55. The van der Waals surface area contributed by atoms with Crippen molar-refractivity contribution in [1.29, 1.82) is 0 Å². The van der Waals surface area contributed by atoms with Crippen LogP contribution in [0, 0.1) is 0 Å². The van der Waals surface area contributed by atoms with E-state index in [9.17, 15) is 4.79 Å². The van der Waals surface area contributed by atoms with Gasteiger partial charge in [0.05, 0.1) is 0 Å². The van der Waals surface area contributed by atoms with Crippen molar-refractivity contribution < 1.29 is 4.79 Å². The molecule has 0 radical (unpaired) electrons. The second kappa shape index (κ2) is 3.27. The largest absolute Gasteiger partial charge is 0.347 e. The van der Waals surface area contributed by atoms with Gasteiger partial charge in [0.2, 0.25) is 5.91 Å². The van der Waals surface area contributed by atoms with Gasteiger partial charge in [0.1, 0.15) is 0 Å². The molecule has 1 saturated heterocycles. The van der Waals surface area contributed by atoms with Crippen molar-refractivity contribution in [2.75, 3.05) is 6.54 Å². The topological polar surface area (TPSA) is 55.1 Å². The maximum atomic E-state index is 11.3. The van der Waals surface area contributed by atoms with E-state index >= 15 is 0 Å². The van der Waals surface area contributed by atoms with Crippen LogP contribution in [-0.2, 0) is 4.79 Å². The van der Waals surface area contributed by atoms with Crippen LogP contribution < -0.4 is 11.1 Å². The summed E-state index contributed by atoms with van der Waals surface area (Å²) in [6, 6.07) is 0. The molecule has 0 saturated carbocycles. The molecule has 0 unspecified atom stereocenters. The van der Waals surface area contributed by atoms with Crippen molar-refractivity contribution in [2.24, 2.45) is 5.73 Å². The molecule has 0 spiro atoms. The van der Waals surface area contributed by atoms with Gasteiger partial charge >= 0.3 is 0 Å². The van der Waals surface area contributed by atoms with Crippen LogP contribution >= 0.6 is 0 Å². The Morgan fingerprint density at radius 1 is 1.67 bits per heavy atom. The van der Waals surface area contributed by atoms with Gasteiger partial charge in [-0.3, -0.25) is 4.79 Å². The summed E-state index contributed by atoms with van der Waals surface area (Å²) in [6.45, 7) is 4.65. The molecule has 1 aliphatic heterocycles. The minimum absolute atomic E-state index is 0.0634. The number of hydrogen-bond acceptors (Lipinski definition) is 2. The average molecular weight is 168 g/mol. The first-order valence-electron chi connectivity index (χ1n) is 4.27. The minimum atomic E-state index is -0.0719. The van der Waals surface area contributed by atoms with Crippen LogP contribution in [0.5, 0.6) is 0 Å². The molecule has 3 nitrogen and oxygen atoms in total. The van der Waals surface area contributed by atoms with E-state index in [0.29, 0.717) is 6.54 Å². The Morgan fingerprint density at radius 3 is 2.75 bits per heavy atom. The molecule has 1 fully saturated rings. The van der Waals surface area contributed by atoms with Crippen LogP contribution in [0.3, 0.4) is 0 Å². The molecular weight excluding hydrogens is 152 g/mol. The molecule has 12 heavy (non-hydrogen) atoms. The Kier molecular flexibility index (Phi) is 2.52. The third kappa shape index (κ3) is 2.08. The quantitative estimate of drug-likeness (QED) is 0.592. The predicted molar refractivity (Wildman–Crippen MR) is 48.6 cm³/mol. The van der Waals surface area contributed by atoms with E-state index in [4.69, 9.17) is 5.73 Å². The summed E-state index contributed by atoms with van der Waals surface area (Å²) < 4.78 is 0. The number of carbonyl (C=O) groups is 1. The zero-order valence-electron chi connectivity index (χ0n) is 7.68. The van der Waals surface area contributed by atoms with Crippen LogP contribution in [-0.4, -0.2) is 18.0 Å². The van der Waals surface area contributed by atoms with E-state index in [1.54, 1.807) is 0 Å². The van der Waals surface area contributed by atoms with Gasteiger partial charge in [-0.05, 0) is 26.8 Å². The van der Waals surface area contributed by atoms with Crippen molar-refractivity contribution in [1.82, 2.24) is 5.32 Å². The SMILES string of the molecule is CC1(C)C/C(=C/CCN)C(=O)N1. The highest BCUT2D eigenvalue weighted by molar-refractivity contribution is 5.96. The fourth-order valence-corrected chi connectivity index (χ4v) is 1.41. The van der Waals surface area contributed by atoms with Crippen LogP contribution in [0.1, 0.15) is 26.7 Å². The highest BCUT2D eigenvalue weighted by atomic mass is 16.2. The number of carbonyl (C=O) groups excluding carboxylic acids is 1. The lowest BCUT2D eigenvalue weighted by Gasteiger charge is -2.15. The lowest BCUT2D eigenvalue weighted by molar-refractivity contribution is -0.116. The van der Waals surface area contributed by atoms with Gasteiger partial charge in [-0.2, -0.15) is 0 Å². The monoisotopic (exact) mass is 168 g/mol. The van der Waals surface area contributed by atoms with Crippen LogP contribution in [0.15, 0.2) is 11.6 Å². The molecule has 3 N–H and O–H groups in total. The molecule has 0 aromatic heterocycles. The van der Waals surface area contributed by atoms with E-state index < -0.39 is 0 Å². The Labute approximate surface area is 73.0 Å². The van der Waals surface area contributed by atoms with E-state index in [-0.39, 0.29) is 11.4 Å². The predicted octanol–water partition coefficient (Wildman–Crippen LogP) is 0.560. The lowest BCUT2D eigenvalue weighted by Crippen LogP contribution is -2.34. The van der Waals surface area contributed by atoms with E-state index in [1.165, 1.54) is 0 Å². The molecule has 68 valence electrons. The summed E-state index contributed by atoms with van der Waals surface area (Å²) in [6.07, 6.45) is 3.54. The molecule has 1 heterocycles. The fraction of sp³-hybridized carbons (Fsp3) is 0.667. The summed E-state index contributed by atoms with van der Waals surface area (Å²) in [4.78, 5) is 11.3. The van der Waals surface area contributed by atoms with Gasteiger partial charge in [0, 0.05) is 17.5 Å².